The van der Waals surface area contributed by atoms with E-state index in [1.807, 2.05) is 0 Å². The normalized spacial score (nSPS) is 20.2. The van der Waals surface area contributed by atoms with Gasteiger partial charge in [-0.15, -0.1) is 0 Å². The standard InChI is InChI=1S/C20H25N3O/c1-15-11-16(2)20(17(3)12-15)22-13-18-5-4-6-19(23(18)14-22)21-7-9-24-10-8-21/h4-6,11-13H,7-10,14H2,1-3H3. The number of morpholine rings is 1. The summed E-state index contributed by atoms with van der Waals surface area (Å²) in [6, 6.07) is 4.54. The molecule has 0 spiro atoms. The zero-order valence-corrected chi connectivity index (χ0v) is 14.7. The molecule has 0 N–H and O–H groups in total. The zero-order chi connectivity index (χ0) is 16.7. The summed E-state index contributed by atoms with van der Waals surface area (Å²) in [6.07, 6.45) is 8.85. The number of hydrogen-bond donors (Lipinski definition) is 0. The van der Waals surface area contributed by atoms with Gasteiger partial charge in [0.25, 0.3) is 0 Å². The Kier molecular flexibility index (Phi) is 3.85. The fourth-order valence-electron chi connectivity index (χ4n) is 3.99. The van der Waals surface area contributed by atoms with Gasteiger partial charge in [0, 0.05) is 25.0 Å². The molecular formula is C20H25N3O. The zero-order valence-electron chi connectivity index (χ0n) is 14.7. The van der Waals surface area contributed by atoms with Crippen molar-refractivity contribution in [2.24, 2.45) is 0 Å². The molecule has 4 nitrogen and oxygen atoms in total. The first-order chi connectivity index (χ1) is 11.6. The van der Waals surface area contributed by atoms with Gasteiger partial charge in [0.05, 0.1) is 18.9 Å². The third-order valence-electron chi connectivity index (χ3n) is 4.94. The molecule has 3 aliphatic heterocycles. The minimum atomic E-state index is 0.813. The van der Waals surface area contributed by atoms with Crippen LogP contribution in [0.4, 0.5) is 5.69 Å². The van der Waals surface area contributed by atoms with Crippen LogP contribution in [0.1, 0.15) is 16.7 Å². The van der Waals surface area contributed by atoms with Crippen LogP contribution >= 0.6 is 0 Å². The number of allylic oxidation sites excluding steroid dienone is 3. The molecule has 0 bridgehead atoms. The van der Waals surface area contributed by atoms with Gasteiger partial charge in [0.2, 0.25) is 0 Å². The Morgan fingerprint density at radius 1 is 1.00 bits per heavy atom. The van der Waals surface area contributed by atoms with E-state index in [0.29, 0.717) is 0 Å². The Bertz CT molecular complexity index is 718. The quantitative estimate of drug-likeness (QED) is 0.831. The fraction of sp³-hybridized carbons (Fsp3) is 0.400. The summed E-state index contributed by atoms with van der Waals surface area (Å²) in [6.45, 7) is 11.0. The average molecular weight is 323 g/mol. The van der Waals surface area contributed by atoms with Crippen LogP contribution < -0.4 is 4.90 Å². The molecule has 1 aromatic carbocycles. The van der Waals surface area contributed by atoms with E-state index < -0.39 is 0 Å². The lowest BCUT2D eigenvalue weighted by Gasteiger charge is -2.38. The second kappa shape index (κ2) is 6.02. The smallest absolute Gasteiger partial charge is 0.110 e. The molecule has 0 unspecified atom stereocenters. The second-order valence-electron chi connectivity index (χ2n) is 6.82. The molecule has 1 saturated heterocycles. The van der Waals surface area contributed by atoms with Crippen molar-refractivity contribution >= 4 is 5.69 Å². The maximum absolute atomic E-state index is 5.50. The number of hydrogen-bond acceptors (Lipinski definition) is 4. The summed E-state index contributed by atoms with van der Waals surface area (Å²) in [4.78, 5) is 7.21. The van der Waals surface area contributed by atoms with Crippen molar-refractivity contribution in [3.8, 4) is 0 Å². The van der Waals surface area contributed by atoms with Crippen molar-refractivity contribution in [1.29, 1.82) is 0 Å². The van der Waals surface area contributed by atoms with Crippen molar-refractivity contribution in [2.45, 2.75) is 20.8 Å². The highest BCUT2D eigenvalue weighted by atomic mass is 16.5. The maximum Gasteiger partial charge on any atom is 0.110 e. The number of fused-ring (bicyclic) bond motifs is 1. The number of benzene rings is 1. The number of nitrogens with zero attached hydrogens (tertiary/aromatic N) is 3. The Morgan fingerprint density at radius 3 is 2.42 bits per heavy atom. The number of anilines is 1. The minimum absolute atomic E-state index is 0.813. The monoisotopic (exact) mass is 323 g/mol. The van der Waals surface area contributed by atoms with E-state index in [-0.39, 0.29) is 0 Å². The van der Waals surface area contributed by atoms with Gasteiger partial charge in [-0.25, -0.2) is 0 Å². The fourth-order valence-corrected chi connectivity index (χ4v) is 3.99. The summed E-state index contributed by atoms with van der Waals surface area (Å²) in [5.74, 6) is 1.29. The molecule has 0 atom stereocenters. The minimum Gasteiger partial charge on any atom is -0.378 e. The summed E-state index contributed by atoms with van der Waals surface area (Å²) < 4.78 is 5.50. The van der Waals surface area contributed by atoms with Crippen LogP contribution in [0.5, 0.6) is 0 Å². The molecule has 4 heteroatoms. The van der Waals surface area contributed by atoms with Crippen LogP contribution in [0.2, 0.25) is 0 Å². The Morgan fingerprint density at radius 2 is 1.71 bits per heavy atom. The predicted molar refractivity (Wildman–Crippen MR) is 97.5 cm³/mol. The van der Waals surface area contributed by atoms with Crippen molar-refractivity contribution in [2.75, 3.05) is 37.9 Å². The van der Waals surface area contributed by atoms with E-state index in [4.69, 9.17) is 4.74 Å². The molecule has 126 valence electrons. The van der Waals surface area contributed by atoms with Crippen LogP contribution in [-0.2, 0) is 4.74 Å². The van der Waals surface area contributed by atoms with E-state index in [9.17, 15) is 0 Å². The van der Waals surface area contributed by atoms with Gasteiger partial charge in [-0.2, -0.15) is 0 Å². The van der Waals surface area contributed by atoms with E-state index in [0.717, 1.165) is 33.0 Å². The molecular weight excluding hydrogens is 298 g/mol. The first-order valence-electron chi connectivity index (χ1n) is 8.68. The lowest BCUT2D eigenvalue weighted by Crippen LogP contribution is -2.42. The first kappa shape index (κ1) is 15.3. The molecule has 4 rings (SSSR count). The third kappa shape index (κ3) is 2.61. The van der Waals surface area contributed by atoms with Gasteiger partial charge >= 0.3 is 0 Å². The molecule has 0 radical (unpaired) electrons. The van der Waals surface area contributed by atoms with Gasteiger partial charge in [-0.05, 0) is 44.1 Å². The Hall–Kier alpha value is -2.20. The lowest BCUT2D eigenvalue weighted by molar-refractivity contribution is 0.0418. The Balaban J connectivity index is 1.63. The van der Waals surface area contributed by atoms with Crippen molar-refractivity contribution in [3.05, 3.63) is 64.8 Å². The van der Waals surface area contributed by atoms with Crippen molar-refractivity contribution < 1.29 is 4.74 Å². The summed E-state index contributed by atoms with van der Waals surface area (Å²) >= 11 is 0. The lowest BCUT2D eigenvalue weighted by atomic mass is 10.0. The van der Waals surface area contributed by atoms with Gasteiger partial charge in [-0.1, -0.05) is 23.8 Å². The molecule has 0 saturated carbocycles. The highest BCUT2D eigenvalue weighted by Gasteiger charge is 2.29. The van der Waals surface area contributed by atoms with Crippen molar-refractivity contribution in [1.82, 2.24) is 9.80 Å². The summed E-state index contributed by atoms with van der Waals surface area (Å²) in [5.41, 5.74) is 6.60. The first-order valence-corrected chi connectivity index (χ1v) is 8.68. The average Bonchev–Trinajstić information content (AvgIpc) is 2.98. The highest BCUT2D eigenvalue weighted by molar-refractivity contribution is 5.64. The van der Waals surface area contributed by atoms with Crippen LogP contribution in [0, 0.1) is 20.8 Å². The number of ether oxygens (including phenoxy) is 1. The Labute approximate surface area is 144 Å². The topological polar surface area (TPSA) is 19.0 Å². The van der Waals surface area contributed by atoms with Crippen LogP contribution in [0.3, 0.4) is 0 Å². The van der Waals surface area contributed by atoms with Crippen LogP contribution in [-0.4, -0.2) is 42.8 Å². The predicted octanol–water partition coefficient (Wildman–Crippen LogP) is 3.28. The molecule has 1 fully saturated rings. The molecule has 1 aromatic rings. The second-order valence-corrected chi connectivity index (χ2v) is 6.82. The highest BCUT2D eigenvalue weighted by Crippen LogP contribution is 2.34. The SMILES string of the molecule is Cc1cc(C)c(N2C=C3C=CC=C(N4CCOCC4)N3C2)c(C)c1. The van der Waals surface area contributed by atoms with E-state index in [1.54, 1.807) is 0 Å². The molecule has 3 aliphatic rings. The molecule has 0 amide bonds. The van der Waals surface area contributed by atoms with E-state index in [2.05, 4.69) is 72.0 Å². The molecule has 0 aliphatic carbocycles. The van der Waals surface area contributed by atoms with E-state index in [1.165, 1.54) is 33.9 Å². The van der Waals surface area contributed by atoms with Crippen LogP contribution in [0.25, 0.3) is 0 Å². The maximum atomic E-state index is 5.50. The molecule has 3 heterocycles. The van der Waals surface area contributed by atoms with Crippen molar-refractivity contribution in [3.63, 3.8) is 0 Å². The summed E-state index contributed by atoms with van der Waals surface area (Å²) in [7, 11) is 0. The largest absolute Gasteiger partial charge is 0.378 e. The molecule has 24 heavy (non-hydrogen) atoms. The van der Waals surface area contributed by atoms with Gasteiger partial charge in [0.1, 0.15) is 12.5 Å². The summed E-state index contributed by atoms with van der Waals surface area (Å²) in [5, 5.41) is 0. The van der Waals surface area contributed by atoms with Gasteiger partial charge < -0.3 is 19.4 Å². The van der Waals surface area contributed by atoms with E-state index >= 15 is 0 Å². The third-order valence-corrected chi connectivity index (χ3v) is 4.94. The van der Waals surface area contributed by atoms with Gasteiger partial charge in [0.15, 0.2) is 0 Å². The van der Waals surface area contributed by atoms with Gasteiger partial charge in [-0.3, -0.25) is 0 Å². The molecule has 0 aromatic heterocycles. The number of aryl methyl sites for hydroxylation is 3. The van der Waals surface area contributed by atoms with Crippen LogP contribution in [0.15, 0.2) is 48.1 Å². The number of rotatable bonds is 2.